The van der Waals surface area contributed by atoms with Gasteiger partial charge in [-0.3, -0.25) is 0 Å². The highest BCUT2D eigenvalue weighted by Crippen LogP contribution is 2.33. The molecule has 0 spiro atoms. The van der Waals surface area contributed by atoms with Crippen molar-refractivity contribution < 1.29 is 14.6 Å². The van der Waals surface area contributed by atoms with E-state index >= 15 is 0 Å². The average molecular weight is 210 g/mol. The first kappa shape index (κ1) is 10.9. The molecule has 2 rings (SSSR count). The highest BCUT2D eigenvalue weighted by Gasteiger charge is 2.43. The molecule has 1 N–H and O–H groups in total. The minimum absolute atomic E-state index is 0.0183. The van der Waals surface area contributed by atoms with Gasteiger partial charge < -0.3 is 14.6 Å². The summed E-state index contributed by atoms with van der Waals surface area (Å²) in [7, 11) is 0. The first-order chi connectivity index (χ1) is 7.13. The average Bonchev–Trinajstić information content (AvgIpc) is 3.06. The number of hydrogen-bond donors (Lipinski definition) is 1. The highest BCUT2D eigenvalue weighted by atomic mass is 16.6. The van der Waals surface area contributed by atoms with Crippen LogP contribution in [0, 0.1) is 5.92 Å². The molecule has 2 heterocycles. The lowest BCUT2D eigenvalue weighted by atomic mass is 10.1. The summed E-state index contributed by atoms with van der Waals surface area (Å²) in [6, 6.07) is 0. The quantitative estimate of drug-likeness (QED) is 0.549. The van der Waals surface area contributed by atoms with Gasteiger partial charge in [-0.25, -0.2) is 0 Å². The zero-order chi connectivity index (χ0) is 11.0. The largest absolute Gasteiger partial charge is 0.391 e. The van der Waals surface area contributed by atoms with E-state index in [1.54, 1.807) is 6.92 Å². The molecule has 3 nitrogen and oxygen atoms in total. The van der Waals surface area contributed by atoms with Crippen LogP contribution in [0.3, 0.4) is 0 Å². The molecule has 2 aliphatic rings. The molecule has 0 amide bonds. The second kappa shape index (κ2) is 4.08. The molecule has 6 atom stereocenters. The maximum Gasteiger partial charge on any atom is 0.114 e. The summed E-state index contributed by atoms with van der Waals surface area (Å²) in [4.78, 5) is 0. The number of rotatable bonds is 5. The van der Waals surface area contributed by atoms with Gasteiger partial charge in [0.25, 0.3) is 0 Å². The zero-order valence-electron chi connectivity index (χ0n) is 9.17. The van der Waals surface area contributed by atoms with Gasteiger partial charge in [0.15, 0.2) is 0 Å². The van der Waals surface area contributed by atoms with Gasteiger partial charge in [-0.05, 0) is 6.92 Å². The van der Waals surface area contributed by atoms with Gasteiger partial charge in [0.2, 0.25) is 0 Å². The first-order valence-corrected chi connectivity index (χ1v) is 5.43. The fourth-order valence-electron chi connectivity index (χ4n) is 1.75. The predicted octanol–water partition coefficient (Wildman–Crippen LogP) is 1.28. The Balaban J connectivity index is 1.72. The normalized spacial score (nSPS) is 42.6. The van der Waals surface area contributed by atoms with Gasteiger partial charge in [-0.15, -0.1) is 6.58 Å². The van der Waals surface area contributed by atoms with Crippen molar-refractivity contribution in [3.63, 3.8) is 0 Å². The molecular formula is C12H18O3. The van der Waals surface area contributed by atoms with E-state index in [2.05, 4.69) is 13.5 Å². The second-order valence-electron chi connectivity index (χ2n) is 4.35. The Kier molecular flexibility index (Phi) is 2.96. The van der Waals surface area contributed by atoms with E-state index in [0.29, 0.717) is 5.92 Å². The third-order valence-corrected chi connectivity index (χ3v) is 2.98. The molecule has 3 heteroatoms. The monoisotopic (exact) mass is 210 g/mol. The number of ether oxygens (including phenoxy) is 2. The van der Waals surface area contributed by atoms with Crippen molar-refractivity contribution in [1.82, 2.24) is 0 Å². The molecule has 2 saturated heterocycles. The number of epoxide rings is 2. The van der Waals surface area contributed by atoms with Crippen LogP contribution in [0.25, 0.3) is 0 Å². The van der Waals surface area contributed by atoms with Crippen molar-refractivity contribution in [2.24, 2.45) is 5.92 Å². The van der Waals surface area contributed by atoms with Gasteiger partial charge in [0.1, 0.15) is 18.3 Å². The molecule has 0 saturated carbocycles. The minimum atomic E-state index is -0.386. The molecular weight excluding hydrogens is 192 g/mol. The highest BCUT2D eigenvalue weighted by molar-refractivity contribution is 5.12. The van der Waals surface area contributed by atoms with Crippen LogP contribution in [0.1, 0.15) is 13.8 Å². The Morgan fingerprint density at radius 3 is 2.13 bits per heavy atom. The van der Waals surface area contributed by atoms with Gasteiger partial charge >= 0.3 is 0 Å². The molecule has 15 heavy (non-hydrogen) atoms. The topological polar surface area (TPSA) is 45.3 Å². The van der Waals surface area contributed by atoms with Crippen molar-refractivity contribution in [2.45, 2.75) is 44.4 Å². The smallest absolute Gasteiger partial charge is 0.114 e. The molecule has 2 aliphatic heterocycles. The fourth-order valence-corrected chi connectivity index (χ4v) is 1.75. The minimum Gasteiger partial charge on any atom is -0.391 e. The Bertz CT molecular complexity index is 272. The van der Waals surface area contributed by atoms with Gasteiger partial charge in [-0.2, -0.15) is 0 Å². The molecule has 0 aromatic heterocycles. The van der Waals surface area contributed by atoms with Crippen LogP contribution in [-0.4, -0.2) is 35.6 Å². The van der Waals surface area contributed by atoms with Crippen LogP contribution >= 0.6 is 0 Å². The van der Waals surface area contributed by atoms with E-state index < -0.39 is 0 Å². The number of aliphatic hydroxyl groups is 1. The SMILES string of the molecule is C=C[C@@H](C)[C@@H]1O[C@H]1/C=C/[C@@H]1O[C@H]1[C@@H](C)O. The summed E-state index contributed by atoms with van der Waals surface area (Å²) in [6.07, 6.45) is 6.08. The van der Waals surface area contributed by atoms with Crippen LogP contribution in [0.4, 0.5) is 0 Å². The van der Waals surface area contributed by atoms with Crippen molar-refractivity contribution in [1.29, 1.82) is 0 Å². The Morgan fingerprint density at radius 2 is 1.67 bits per heavy atom. The Hall–Kier alpha value is -0.640. The van der Waals surface area contributed by atoms with Gasteiger partial charge in [0.05, 0.1) is 12.2 Å². The number of aliphatic hydroxyl groups excluding tert-OH is 1. The lowest BCUT2D eigenvalue weighted by Gasteiger charge is -1.96. The van der Waals surface area contributed by atoms with Crippen molar-refractivity contribution in [2.75, 3.05) is 0 Å². The summed E-state index contributed by atoms with van der Waals surface area (Å²) >= 11 is 0. The van der Waals surface area contributed by atoms with Crippen molar-refractivity contribution >= 4 is 0 Å². The fraction of sp³-hybridized carbons (Fsp3) is 0.667. The van der Waals surface area contributed by atoms with E-state index in [4.69, 9.17) is 9.47 Å². The zero-order valence-corrected chi connectivity index (χ0v) is 9.17. The van der Waals surface area contributed by atoms with Crippen LogP contribution in [-0.2, 0) is 9.47 Å². The summed E-state index contributed by atoms with van der Waals surface area (Å²) in [5.41, 5.74) is 0. The number of hydrogen-bond acceptors (Lipinski definition) is 3. The summed E-state index contributed by atoms with van der Waals surface area (Å²) < 4.78 is 10.7. The van der Waals surface area contributed by atoms with E-state index in [-0.39, 0.29) is 30.5 Å². The van der Waals surface area contributed by atoms with Crippen LogP contribution < -0.4 is 0 Å². The molecule has 0 aromatic rings. The van der Waals surface area contributed by atoms with E-state index in [1.165, 1.54) is 0 Å². The third kappa shape index (κ3) is 2.48. The molecule has 0 aromatic carbocycles. The Morgan fingerprint density at radius 1 is 1.13 bits per heavy atom. The third-order valence-electron chi connectivity index (χ3n) is 2.98. The first-order valence-electron chi connectivity index (χ1n) is 5.43. The van der Waals surface area contributed by atoms with Gasteiger partial charge in [0, 0.05) is 5.92 Å². The second-order valence-corrected chi connectivity index (χ2v) is 4.35. The van der Waals surface area contributed by atoms with E-state index in [9.17, 15) is 5.11 Å². The molecule has 0 bridgehead atoms. The summed E-state index contributed by atoms with van der Waals surface area (Å²) in [5.74, 6) is 0.396. The molecule has 2 fully saturated rings. The van der Waals surface area contributed by atoms with E-state index in [0.717, 1.165) is 0 Å². The molecule has 0 aliphatic carbocycles. The lowest BCUT2D eigenvalue weighted by Crippen LogP contribution is -2.10. The van der Waals surface area contributed by atoms with Crippen molar-refractivity contribution in [3.05, 3.63) is 24.8 Å². The molecule has 84 valence electrons. The maximum absolute atomic E-state index is 9.22. The lowest BCUT2D eigenvalue weighted by molar-refractivity contribution is 0.152. The maximum atomic E-state index is 9.22. The summed E-state index contributed by atoms with van der Waals surface area (Å²) in [6.45, 7) is 7.58. The predicted molar refractivity (Wildman–Crippen MR) is 57.5 cm³/mol. The van der Waals surface area contributed by atoms with Crippen molar-refractivity contribution in [3.8, 4) is 0 Å². The standard InChI is InChI=1S/C12H18O3/c1-4-7(2)11-9(14-11)5-6-10-12(15-10)8(3)13/h4-13H,1H2,2-3H3/b6-5+/t7-,8-,9+,10+,11+,12+/m1/s1. The Labute approximate surface area is 90.4 Å². The van der Waals surface area contributed by atoms with E-state index in [1.807, 2.05) is 18.2 Å². The summed E-state index contributed by atoms with van der Waals surface area (Å²) in [5, 5.41) is 9.22. The van der Waals surface area contributed by atoms with Gasteiger partial charge in [-0.1, -0.05) is 25.2 Å². The molecule has 0 unspecified atom stereocenters. The van der Waals surface area contributed by atoms with Crippen LogP contribution in [0.15, 0.2) is 24.8 Å². The molecule has 0 radical (unpaired) electrons. The van der Waals surface area contributed by atoms with Crippen LogP contribution in [0.2, 0.25) is 0 Å². The van der Waals surface area contributed by atoms with Crippen LogP contribution in [0.5, 0.6) is 0 Å².